The second kappa shape index (κ2) is 6.03. The molecule has 3 heteroatoms. The largest absolute Gasteiger partial charge is 0.494 e. The third-order valence-corrected chi connectivity index (χ3v) is 3.33. The first kappa shape index (κ1) is 12.4. The summed E-state index contributed by atoms with van der Waals surface area (Å²) in [4.78, 5) is 0. The van der Waals surface area contributed by atoms with Gasteiger partial charge in [-0.15, -0.1) is 0 Å². The third kappa shape index (κ3) is 3.20. The van der Waals surface area contributed by atoms with E-state index in [4.69, 9.17) is 15.2 Å². The smallest absolute Gasteiger partial charge is 0.119 e. The van der Waals surface area contributed by atoms with E-state index in [1.165, 1.54) is 5.56 Å². The van der Waals surface area contributed by atoms with Crippen LogP contribution in [0.25, 0.3) is 0 Å². The molecule has 1 aromatic rings. The topological polar surface area (TPSA) is 44.5 Å². The molecule has 0 amide bonds. The number of nitrogens with two attached hydrogens (primary N) is 1. The first-order chi connectivity index (χ1) is 8.31. The molecule has 1 aromatic carbocycles. The van der Waals surface area contributed by atoms with Crippen molar-refractivity contribution >= 4 is 0 Å². The lowest BCUT2D eigenvalue weighted by molar-refractivity contribution is 0.0583. The van der Waals surface area contributed by atoms with Gasteiger partial charge in [-0.3, -0.25) is 0 Å². The van der Waals surface area contributed by atoms with Gasteiger partial charge in [0.15, 0.2) is 0 Å². The van der Waals surface area contributed by atoms with Gasteiger partial charge >= 0.3 is 0 Å². The Morgan fingerprint density at radius 3 is 2.88 bits per heavy atom. The number of ether oxygens (including phenoxy) is 2. The SMILES string of the molecule is CCOc1cccc([C@H](N)C2CCOCC2)c1. The zero-order valence-electron chi connectivity index (χ0n) is 10.4. The highest BCUT2D eigenvalue weighted by molar-refractivity contribution is 5.30. The fourth-order valence-corrected chi connectivity index (χ4v) is 2.33. The highest BCUT2D eigenvalue weighted by atomic mass is 16.5. The van der Waals surface area contributed by atoms with Crippen LogP contribution < -0.4 is 10.5 Å². The lowest BCUT2D eigenvalue weighted by atomic mass is 9.88. The summed E-state index contributed by atoms with van der Waals surface area (Å²) in [6, 6.07) is 8.23. The molecule has 3 nitrogen and oxygen atoms in total. The Morgan fingerprint density at radius 1 is 1.41 bits per heavy atom. The highest BCUT2D eigenvalue weighted by Gasteiger charge is 2.22. The molecule has 2 rings (SSSR count). The van der Waals surface area contributed by atoms with Crippen LogP contribution in [0.15, 0.2) is 24.3 Å². The maximum atomic E-state index is 6.32. The molecule has 0 spiro atoms. The molecule has 0 radical (unpaired) electrons. The summed E-state index contributed by atoms with van der Waals surface area (Å²) in [7, 11) is 0. The average molecular weight is 235 g/mol. The van der Waals surface area contributed by atoms with E-state index in [2.05, 4.69) is 12.1 Å². The molecule has 0 bridgehead atoms. The first-order valence-corrected chi connectivity index (χ1v) is 6.37. The van der Waals surface area contributed by atoms with Gasteiger partial charge < -0.3 is 15.2 Å². The van der Waals surface area contributed by atoms with Gasteiger partial charge in [-0.1, -0.05) is 12.1 Å². The number of benzene rings is 1. The van der Waals surface area contributed by atoms with Crippen LogP contribution in [-0.4, -0.2) is 19.8 Å². The maximum Gasteiger partial charge on any atom is 0.119 e. The van der Waals surface area contributed by atoms with Crippen molar-refractivity contribution in [3.63, 3.8) is 0 Å². The predicted octanol–water partition coefficient (Wildman–Crippen LogP) is 2.51. The van der Waals surface area contributed by atoms with Crippen LogP contribution in [0.4, 0.5) is 0 Å². The fourth-order valence-electron chi connectivity index (χ4n) is 2.33. The van der Waals surface area contributed by atoms with Gasteiger partial charge in [0.25, 0.3) is 0 Å². The lowest BCUT2D eigenvalue weighted by Gasteiger charge is -2.28. The molecule has 0 aliphatic carbocycles. The standard InChI is InChI=1S/C14H21NO2/c1-2-17-13-5-3-4-12(10-13)14(15)11-6-8-16-9-7-11/h3-5,10-11,14H,2,6-9,15H2,1H3/t14-/m1/s1. The second-order valence-electron chi connectivity index (χ2n) is 4.48. The lowest BCUT2D eigenvalue weighted by Crippen LogP contribution is -2.27. The molecule has 1 aliphatic rings. The maximum absolute atomic E-state index is 6.32. The molecule has 1 heterocycles. The molecule has 1 saturated heterocycles. The Kier molecular flexibility index (Phi) is 4.40. The molecule has 0 saturated carbocycles. The molecule has 94 valence electrons. The third-order valence-electron chi connectivity index (χ3n) is 3.33. The van der Waals surface area contributed by atoms with Gasteiger partial charge in [0.2, 0.25) is 0 Å². The van der Waals surface area contributed by atoms with Crippen molar-refractivity contribution in [3.05, 3.63) is 29.8 Å². The quantitative estimate of drug-likeness (QED) is 0.872. The summed E-state index contributed by atoms with van der Waals surface area (Å²) in [5.74, 6) is 1.44. The molecule has 0 aromatic heterocycles. The summed E-state index contributed by atoms with van der Waals surface area (Å²) in [6.45, 7) is 4.36. The summed E-state index contributed by atoms with van der Waals surface area (Å²) >= 11 is 0. The van der Waals surface area contributed by atoms with Crippen molar-refractivity contribution in [1.82, 2.24) is 0 Å². The van der Waals surface area contributed by atoms with Gasteiger partial charge in [-0.25, -0.2) is 0 Å². The van der Waals surface area contributed by atoms with Crippen LogP contribution in [0.1, 0.15) is 31.4 Å². The fraction of sp³-hybridized carbons (Fsp3) is 0.571. The Hall–Kier alpha value is -1.06. The monoisotopic (exact) mass is 235 g/mol. The molecule has 1 fully saturated rings. The number of hydrogen-bond donors (Lipinski definition) is 1. The van der Waals surface area contributed by atoms with E-state index in [-0.39, 0.29) is 6.04 Å². The van der Waals surface area contributed by atoms with Crippen molar-refractivity contribution < 1.29 is 9.47 Å². The zero-order valence-corrected chi connectivity index (χ0v) is 10.4. The summed E-state index contributed by atoms with van der Waals surface area (Å²) in [5.41, 5.74) is 7.49. The molecular formula is C14H21NO2. The molecule has 1 aliphatic heterocycles. The van der Waals surface area contributed by atoms with Crippen molar-refractivity contribution in [2.45, 2.75) is 25.8 Å². The predicted molar refractivity (Wildman–Crippen MR) is 68.1 cm³/mol. The minimum atomic E-state index is 0.0966. The minimum absolute atomic E-state index is 0.0966. The van der Waals surface area contributed by atoms with Gasteiger partial charge in [-0.2, -0.15) is 0 Å². The normalized spacial score (nSPS) is 18.9. The van der Waals surface area contributed by atoms with Crippen molar-refractivity contribution in [3.8, 4) is 5.75 Å². The van der Waals surface area contributed by atoms with E-state index in [1.807, 2.05) is 19.1 Å². The average Bonchev–Trinajstić information content (AvgIpc) is 2.40. The molecular weight excluding hydrogens is 214 g/mol. The van der Waals surface area contributed by atoms with Gasteiger partial charge in [0.05, 0.1) is 6.61 Å². The Labute approximate surface area is 103 Å². The second-order valence-corrected chi connectivity index (χ2v) is 4.48. The summed E-state index contributed by atoms with van der Waals surface area (Å²) in [5, 5.41) is 0. The zero-order chi connectivity index (χ0) is 12.1. The van der Waals surface area contributed by atoms with E-state index < -0.39 is 0 Å². The van der Waals surface area contributed by atoms with Crippen molar-refractivity contribution in [1.29, 1.82) is 0 Å². The van der Waals surface area contributed by atoms with Gasteiger partial charge in [0, 0.05) is 19.3 Å². The minimum Gasteiger partial charge on any atom is -0.494 e. The number of hydrogen-bond acceptors (Lipinski definition) is 3. The first-order valence-electron chi connectivity index (χ1n) is 6.37. The van der Waals surface area contributed by atoms with E-state index in [9.17, 15) is 0 Å². The van der Waals surface area contributed by atoms with Gasteiger partial charge in [0.1, 0.15) is 5.75 Å². The van der Waals surface area contributed by atoms with Crippen LogP contribution in [0, 0.1) is 5.92 Å². The molecule has 2 N–H and O–H groups in total. The highest BCUT2D eigenvalue weighted by Crippen LogP contribution is 2.29. The summed E-state index contributed by atoms with van der Waals surface area (Å²) < 4.78 is 10.9. The molecule has 17 heavy (non-hydrogen) atoms. The van der Waals surface area contributed by atoms with Crippen molar-refractivity contribution in [2.24, 2.45) is 11.7 Å². The van der Waals surface area contributed by atoms with Crippen LogP contribution in [0.3, 0.4) is 0 Å². The van der Waals surface area contributed by atoms with Crippen LogP contribution in [0.5, 0.6) is 5.75 Å². The summed E-state index contributed by atoms with van der Waals surface area (Å²) in [6.07, 6.45) is 2.11. The van der Waals surface area contributed by atoms with Gasteiger partial charge in [-0.05, 0) is 43.4 Å². The molecule has 0 unspecified atom stereocenters. The van der Waals surface area contributed by atoms with Crippen LogP contribution in [0.2, 0.25) is 0 Å². The number of rotatable bonds is 4. The van der Waals surface area contributed by atoms with Crippen LogP contribution in [-0.2, 0) is 4.74 Å². The van der Waals surface area contributed by atoms with E-state index in [0.717, 1.165) is 31.8 Å². The molecule has 1 atom stereocenters. The van der Waals surface area contributed by atoms with E-state index in [1.54, 1.807) is 0 Å². The van der Waals surface area contributed by atoms with E-state index >= 15 is 0 Å². The van der Waals surface area contributed by atoms with Crippen molar-refractivity contribution in [2.75, 3.05) is 19.8 Å². The van der Waals surface area contributed by atoms with Crippen LogP contribution >= 0.6 is 0 Å². The Bertz CT molecular complexity index is 348. The Balaban J connectivity index is 2.06. The Morgan fingerprint density at radius 2 is 2.18 bits per heavy atom. The van der Waals surface area contributed by atoms with E-state index in [0.29, 0.717) is 12.5 Å².